The van der Waals surface area contributed by atoms with Gasteiger partial charge < -0.3 is 54.9 Å². The zero-order valence-electron chi connectivity index (χ0n) is 36.9. The van der Waals surface area contributed by atoms with Gasteiger partial charge in [-0.2, -0.15) is 4.39 Å². The number of rotatable bonds is 19. The molecule has 4 aromatic rings. The molecule has 0 radical (unpaired) electrons. The van der Waals surface area contributed by atoms with Crippen molar-refractivity contribution in [3.05, 3.63) is 70.2 Å². The monoisotopic (exact) mass is 943 g/mol. The minimum atomic E-state index is -2.49. The molecule has 0 bridgehead atoms. The van der Waals surface area contributed by atoms with Crippen LogP contribution in [0.2, 0.25) is 0 Å². The van der Waals surface area contributed by atoms with Crippen LogP contribution < -0.4 is 25.6 Å². The molecular formula is C44H55F2N7O10S2. The zero-order valence-corrected chi connectivity index (χ0v) is 38.5. The Morgan fingerprint density at radius 1 is 0.985 bits per heavy atom. The maximum atomic E-state index is 14.9. The number of halogens is 2. The molecule has 2 aromatic heterocycles. The van der Waals surface area contributed by atoms with Crippen LogP contribution in [0.25, 0.3) is 21.7 Å². The number of ether oxygens (including phenoxy) is 4. The summed E-state index contributed by atoms with van der Waals surface area (Å²) in [4.78, 5) is 66.3. The minimum absolute atomic E-state index is 0.0108. The number of anilines is 1. The summed E-state index contributed by atoms with van der Waals surface area (Å²) < 4.78 is 50.8. The molecule has 2 saturated heterocycles. The van der Waals surface area contributed by atoms with Crippen LogP contribution in [0, 0.1) is 24.0 Å². The van der Waals surface area contributed by atoms with E-state index < -0.39 is 83.6 Å². The molecule has 4 atom stereocenters. The minimum Gasteiger partial charge on any atom is -0.480 e. The van der Waals surface area contributed by atoms with E-state index >= 15 is 0 Å². The van der Waals surface area contributed by atoms with Gasteiger partial charge in [0.1, 0.15) is 12.6 Å². The normalized spacial score (nSPS) is 17.9. The number of aliphatic hydroxyl groups is 2. The second-order valence-corrected chi connectivity index (χ2v) is 18.3. The van der Waals surface area contributed by atoms with E-state index in [2.05, 4.69) is 25.9 Å². The van der Waals surface area contributed by atoms with Crippen molar-refractivity contribution in [2.75, 3.05) is 77.3 Å². The van der Waals surface area contributed by atoms with Gasteiger partial charge in [0.25, 0.3) is 11.8 Å². The molecule has 21 heteroatoms. The van der Waals surface area contributed by atoms with E-state index in [9.17, 15) is 38.2 Å². The fraction of sp³-hybridized carbons (Fsp3) is 0.500. The van der Waals surface area contributed by atoms with E-state index in [0.29, 0.717) is 37.1 Å². The fourth-order valence-electron chi connectivity index (χ4n) is 7.19. The number of hydrogen-bond acceptors (Lipinski definition) is 15. The lowest BCUT2D eigenvalue weighted by molar-refractivity contribution is -0.176. The quantitative estimate of drug-likeness (QED) is 0.0673. The summed E-state index contributed by atoms with van der Waals surface area (Å²) >= 11 is 2.88. The van der Waals surface area contributed by atoms with E-state index in [1.807, 2.05) is 36.1 Å². The van der Waals surface area contributed by atoms with Gasteiger partial charge in [0.05, 0.1) is 67.0 Å². The molecule has 0 unspecified atom stereocenters. The predicted molar refractivity (Wildman–Crippen MR) is 238 cm³/mol. The molecule has 2 aliphatic rings. The highest BCUT2D eigenvalue weighted by atomic mass is 32.1. The summed E-state index contributed by atoms with van der Waals surface area (Å²) in [6.45, 7) is 9.43. The van der Waals surface area contributed by atoms with Gasteiger partial charge in [-0.25, -0.2) is 14.4 Å². The van der Waals surface area contributed by atoms with E-state index in [1.165, 1.54) is 28.7 Å². The van der Waals surface area contributed by atoms with Gasteiger partial charge in [0.2, 0.25) is 23.4 Å². The first-order chi connectivity index (χ1) is 31.0. The van der Waals surface area contributed by atoms with Crippen molar-refractivity contribution >= 4 is 51.4 Å². The van der Waals surface area contributed by atoms with Gasteiger partial charge in [0, 0.05) is 49.0 Å². The standard InChI is InChI=1S/C44H55F2N7O10S2/c1-26(28-6-8-29(9-7-28)39-27(2)48-25-65-39)49-40(57)34-20-30(54)21-53(34)41(58)44(59,43(3,4)5)51-36(56)22-62-19-18-60-15-12-47-35(55)23-63-38-31(10-11-32(45)37(38)46)33-24-64-42(50-33)52-13-16-61-17-14-52/h6-11,24-26,30,34,54,59H,12-23H2,1-5H3,(H,47,55)(H,49,57)(H,51,56)/t26-,30+,34-,44+/m0/s1. The third-order valence-corrected chi connectivity index (χ3v) is 12.8. The highest BCUT2D eigenvalue weighted by Gasteiger charge is 2.54. The van der Waals surface area contributed by atoms with Gasteiger partial charge in [-0.15, -0.1) is 22.7 Å². The summed E-state index contributed by atoms with van der Waals surface area (Å²) in [7, 11) is 0. The largest absolute Gasteiger partial charge is 0.480 e. The molecule has 0 saturated carbocycles. The predicted octanol–water partition coefficient (Wildman–Crippen LogP) is 3.58. The molecule has 6 rings (SSSR count). The number of carbonyl (C=O) groups is 4. The fourth-order valence-corrected chi connectivity index (χ4v) is 8.88. The van der Waals surface area contributed by atoms with Gasteiger partial charge in [0.15, 0.2) is 23.3 Å². The first-order valence-electron chi connectivity index (χ1n) is 21.1. The lowest BCUT2D eigenvalue weighted by atomic mass is 9.81. The topological polar surface area (TPSA) is 214 Å². The van der Waals surface area contributed by atoms with Gasteiger partial charge in [-0.1, -0.05) is 45.0 Å². The average molecular weight is 944 g/mol. The van der Waals surface area contributed by atoms with Crippen LogP contribution >= 0.6 is 22.7 Å². The molecule has 4 heterocycles. The number of thiazole rings is 2. The highest BCUT2D eigenvalue weighted by Crippen LogP contribution is 2.37. The molecule has 65 heavy (non-hydrogen) atoms. The number of nitrogens with zero attached hydrogens (tertiary/aromatic N) is 4. The number of aryl methyl sites for hydroxylation is 1. The second-order valence-electron chi connectivity index (χ2n) is 16.6. The Morgan fingerprint density at radius 2 is 1.71 bits per heavy atom. The van der Waals surface area contributed by atoms with Crippen molar-refractivity contribution in [2.45, 2.75) is 65.0 Å². The number of carbonyl (C=O) groups excluding carboxylic acids is 4. The smallest absolute Gasteiger partial charge is 0.277 e. The maximum absolute atomic E-state index is 14.9. The number of β-amino-alcohol motifs (C(OH)–C–C–N with tert-alkyl or cyclic N) is 1. The summed E-state index contributed by atoms with van der Waals surface area (Å²) in [6, 6.07) is 8.44. The number of benzene rings is 2. The van der Waals surface area contributed by atoms with Crippen LogP contribution in [0.3, 0.4) is 0 Å². The SMILES string of the molecule is Cc1ncsc1-c1ccc([C@H](C)NC(=O)[C@@H]2C[C@@H](O)CN2C(=O)[C@](O)(NC(=O)COCCOCCNC(=O)COc2c(-c3csc(N4CCOCC4)n3)ccc(F)c2F)C(C)(C)C)cc1. The first-order valence-corrected chi connectivity index (χ1v) is 22.9. The van der Waals surface area contributed by atoms with Crippen molar-refractivity contribution in [3.63, 3.8) is 0 Å². The van der Waals surface area contributed by atoms with Crippen molar-refractivity contribution in [3.8, 4) is 27.4 Å². The van der Waals surface area contributed by atoms with E-state index in [-0.39, 0.29) is 44.9 Å². The van der Waals surface area contributed by atoms with Crippen molar-refractivity contribution in [1.29, 1.82) is 0 Å². The van der Waals surface area contributed by atoms with Crippen LogP contribution in [0.15, 0.2) is 47.3 Å². The van der Waals surface area contributed by atoms with Gasteiger partial charge in [-0.05, 0) is 37.1 Å². The first kappa shape index (κ1) is 49.3. The van der Waals surface area contributed by atoms with Gasteiger partial charge in [-0.3, -0.25) is 19.2 Å². The molecule has 2 aliphatic heterocycles. The Labute approximate surface area is 383 Å². The Kier molecular flexibility index (Phi) is 16.6. The number of nitrogens with one attached hydrogen (secondary N) is 3. The van der Waals surface area contributed by atoms with Crippen LogP contribution in [0.1, 0.15) is 51.4 Å². The van der Waals surface area contributed by atoms with Crippen molar-refractivity contribution in [1.82, 2.24) is 30.8 Å². The molecule has 17 nitrogen and oxygen atoms in total. The van der Waals surface area contributed by atoms with Crippen LogP contribution in [-0.4, -0.2) is 139 Å². The maximum Gasteiger partial charge on any atom is 0.277 e. The number of amides is 4. The number of aromatic nitrogens is 2. The zero-order chi connectivity index (χ0) is 46.9. The number of aliphatic hydroxyl groups excluding tert-OH is 1. The second kappa shape index (κ2) is 21.9. The van der Waals surface area contributed by atoms with Crippen molar-refractivity contribution < 1.29 is 57.1 Å². The molecule has 2 aromatic carbocycles. The Morgan fingerprint density at radius 3 is 2.40 bits per heavy atom. The molecule has 352 valence electrons. The van der Waals surface area contributed by atoms with Gasteiger partial charge >= 0.3 is 0 Å². The Bertz CT molecular complexity index is 2290. The third-order valence-electron chi connectivity index (χ3n) is 11.0. The molecule has 0 aliphatic carbocycles. The molecule has 2 fully saturated rings. The highest BCUT2D eigenvalue weighted by molar-refractivity contribution is 7.14. The summed E-state index contributed by atoms with van der Waals surface area (Å²) in [5, 5.41) is 32.7. The lowest BCUT2D eigenvalue weighted by Gasteiger charge is -2.42. The Balaban J connectivity index is 0.918. The average Bonchev–Trinajstić information content (AvgIpc) is 4.05. The van der Waals surface area contributed by atoms with Crippen LogP contribution in [0.5, 0.6) is 5.75 Å². The van der Waals surface area contributed by atoms with Crippen molar-refractivity contribution in [2.24, 2.45) is 5.41 Å². The van der Waals surface area contributed by atoms with E-state index in [1.54, 1.807) is 38.6 Å². The third kappa shape index (κ3) is 12.2. The van der Waals surface area contributed by atoms with E-state index in [0.717, 1.165) is 32.7 Å². The lowest BCUT2D eigenvalue weighted by Crippen LogP contribution is -2.68. The summed E-state index contributed by atoms with van der Waals surface area (Å²) in [5.74, 6) is -5.73. The Hall–Kier alpha value is -5.16. The molecule has 5 N–H and O–H groups in total. The summed E-state index contributed by atoms with van der Waals surface area (Å²) in [5.41, 5.74) is 1.35. The number of morpholine rings is 1. The summed E-state index contributed by atoms with van der Waals surface area (Å²) in [6.07, 6.45) is -1.11. The van der Waals surface area contributed by atoms with Crippen LogP contribution in [0.4, 0.5) is 13.9 Å². The molecular weight excluding hydrogens is 889 g/mol. The van der Waals surface area contributed by atoms with E-state index in [4.69, 9.17) is 18.9 Å². The number of hydrogen-bond donors (Lipinski definition) is 5. The molecule has 0 spiro atoms. The molecule has 4 amide bonds. The number of likely N-dealkylation sites (tertiary alicyclic amines) is 1. The van der Waals surface area contributed by atoms with Crippen LogP contribution in [-0.2, 0) is 33.4 Å².